The van der Waals surface area contributed by atoms with Crippen molar-refractivity contribution in [1.29, 1.82) is 0 Å². The summed E-state index contributed by atoms with van der Waals surface area (Å²) in [6, 6.07) is 37.9. The number of amides is 2. The Morgan fingerprint density at radius 1 is 0.703 bits per heavy atom. The van der Waals surface area contributed by atoms with Gasteiger partial charge >= 0.3 is 0 Å². The number of carbonyl (C=O) groups excluding carboxylic acids is 2. The van der Waals surface area contributed by atoms with Crippen LogP contribution in [0.2, 0.25) is 0 Å². The molecular formula is C33H32N2O2. The van der Waals surface area contributed by atoms with Crippen LogP contribution >= 0.6 is 0 Å². The van der Waals surface area contributed by atoms with Crippen LogP contribution in [0.15, 0.2) is 115 Å². The molecule has 1 aliphatic rings. The molecule has 0 bridgehead atoms. The summed E-state index contributed by atoms with van der Waals surface area (Å²) in [5, 5.41) is 3.26. The van der Waals surface area contributed by atoms with E-state index in [0.29, 0.717) is 31.5 Å². The molecule has 1 aliphatic heterocycles. The lowest BCUT2D eigenvalue weighted by atomic mass is 9.71. The molecule has 4 aromatic rings. The smallest absolute Gasteiger partial charge is 0.253 e. The molecule has 0 aromatic heterocycles. The summed E-state index contributed by atoms with van der Waals surface area (Å²) in [5.74, 6) is 0.0358. The van der Waals surface area contributed by atoms with Crippen LogP contribution in [0.5, 0.6) is 0 Å². The number of rotatable bonds is 6. The molecule has 1 unspecified atom stereocenters. The maximum Gasteiger partial charge on any atom is 0.253 e. The van der Waals surface area contributed by atoms with Gasteiger partial charge in [0.1, 0.15) is 0 Å². The van der Waals surface area contributed by atoms with Crippen molar-refractivity contribution in [2.75, 3.05) is 13.1 Å². The van der Waals surface area contributed by atoms with Crippen molar-refractivity contribution >= 4 is 11.8 Å². The van der Waals surface area contributed by atoms with Crippen LogP contribution < -0.4 is 5.32 Å². The number of nitrogens with zero attached hydrogens (tertiary/aromatic N) is 1. The van der Waals surface area contributed by atoms with Gasteiger partial charge < -0.3 is 10.2 Å². The van der Waals surface area contributed by atoms with E-state index >= 15 is 0 Å². The lowest BCUT2D eigenvalue weighted by Crippen LogP contribution is -2.53. The molecule has 1 saturated heterocycles. The van der Waals surface area contributed by atoms with E-state index in [1.807, 2.05) is 115 Å². The molecule has 0 aliphatic carbocycles. The Hall–Kier alpha value is -4.18. The highest BCUT2D eigenvalue weighted by atomic mass is 16.2. The third kappa shape index (κ3) is 5.19. The summed E-state index contributed by atoms with van der Waals surface area (Å²) in [5.41, 5.74) is 4.30. The topological polar surface area (TPSA) is 49.4 Å². The number of hydrogen-bond donors (Lipinski definition) is 1. The predicted molar refractivity (Wildman–Crippen MR) is 148 cm³/mol. The lowest BCUT2D eigenvalue weighted by Gasteiger charge is -2.41. The molecule has 0 saturated carbocycles. The maximum atomic E-state index is 13.8. The summed E-state index contributed by atoms with van der Waals surface area (Å²) in [7, 11) is 0. The van der Waals surface area contributed by atoms with E-state index in [1.165, 1.54) is 0 Å². The van der Waals surface area contributed by atoms with Crippen LogP contribution in [0.1, 0.15) is 47.3 Å². The van der Waals surface area contributed by atoms with Crippen molar-refractivity contribution in [3.05, 3.63) is 132 Å². The Kier molecular flexibility index (Phi) is 7.18. The van der Waals surface area contributed by atoms with Crippen LogP contribution in [-0.4, -0.2) is 29.8 Å². The van der Waals surface area contributed by atoms with Crippen LogP contribution in [0.25, 0.3) is 11.1 Å². The molecule has 186 valence electrons. The molecule has 1 atom stereocenters. The van der Waals surface area contributed by atoms with Gasteiger partial charge in [0.2, 0.25) is 5.91 Å². The van der Waals surface area contributed by atoms with E-state index in [-0.39, 0.29) is 17.9 Å². The Bertz CT molecular complexity index is 1330. The minimum Gasteiger partial charge on any atom is -0.349 e. The zero-order chi connectivity index (χ0) is 25.7. The van der Waals surface area contributed by atoms with Crippen LogP contribution in [0.4, 0.5) is 0 Å². The number of nitrogens with one attached hydrogen (secondary N) is 1. The van der Waals surface area contributed by atoms with Crippen LogP contribution in [0.3, 0.4) is 0 Å². The number of hydrogen-bond acceptors (Lipinski definition) is 2. The first-order valence-electron chi connectivity index (χ1n) is 12.9. The lowest BCUT2D eigenvalue weighted by molar-refractivity contribution is -0.129. The van der Waals surface area contributed by atoms with Crippen molar-refractivity contribution in [3.8, 4) is 11.1 Å². The zero-order valence-corrected chi connectivity index (χ0v) is 21.1. The van der Waals surface area contributed by atoms with Gasteiger partial charge in [0, 0.05) is 18.7 Å². The van der Waals surface area contributed by atoms with Crippen molar-refractivity contribution < 1.29 is 9.59 Å². The summed E-state index contributed by atoms with van der Waals surface area (Å²) in [6.45, 7) is 3.08. The second-order valence-corrected chi connectivity index (χ2v) is 9.79. The first-order valence-corrected chi connectivity index (χ1v) is 12.9. The quantitative estimate of drug-likeness (QED) is 0.341. The standard InChI is InChI=1S/C33H32N2O2/c1-25(26-11-5-2-6-12-26)34-32(37)33(30-15-9-4-10-16-30)21-23-35(24-22-33)31(36)29-19-17-28(18-20-29)27-13-7-3-8-14-27/h2-20,25H,21-24H2,1H3,(H,34,37). The molecule has 1 heterocycles. The van der Waals surface area contributed by atoms with Gasteiger partial charge in [0.25, 0.3) is 5.91 Å². The number of benzene rings is 4. The molecule has 1 fully saturated rings. The van der Waals surface area contributed by atoms with E-state index in [0.717, 1.165) is 22.3 Å². The van der Waals surface area contributed by atoms with Crippen molar-refractivity contribution in [2.45, 2.75) is 31.2 Å². The Morgan fingerprint density at radius 2 is 1.22 bits per heavy atom. The van der Waals surface area contributed by atoms with Gasteiger partial charge in [-0.25, -0.2) is 0 Å². The molecular weight excluding hydrogens is 456 g/mol. The highest BCUT2D eigenvalue weighted by Crippen LogP contribution is 2.37. The second kappa shape index (κ2) is 10.8. The van der Waals surface area contributed by atoms with E-state index in [2.05, 4.69) is 17.4 Å². The molecule has 4 aromatic carbocycles. The first kappa shape index (κ1) is 24.5. The third-order valence-electron chi connectivity index (χ3n) is 7.55. The second-order valence-electron chi connectivity index (χ2n) is 9.79. The zero-order valence-electron chi connectivity index (χ0n) is 21.1. The van der Waals surface area contributed by atoms with Gasteiger partial charge in [-0.05, 0) is 54.2 Å². The molecule has 1 N–H and O–H groups in total. The number of likely N-dealkylation sites (tertiary alicyclic amines) is 1. The van der Waals surface area contributed by atoms with Crippen LogP contribution in [-0.2, 0) is 10.2 Å². The fourth-order valence-electron chi connectivity index (χ4n) is 5.27. The van der Waals surface area contributed by atoms with Crippen molar-refractivity contribution in [1.82, 2.24) is 10.2 Å². The molecule has 37 heavy (non-hydrogen) atoms. The Labute approximate surface area is 219 Å². The SMILES string of the molecule is CC(NC(=O)C1(c2ccccc2)CCN(C(=O)c2ccc(-c3ccccc3)cc2)CC1)c1ccccc1. The van der Waals surface area contributed by atoms with E-state index in [4.69, 9.17) is 0 Å². The molecule has 4 heteroatoms. The predicted octanol–water partition coefficient (Wildman–Crippen LogP) is 6.41. The van der Waals surface area contributed by atoms with Gasteiger partial charge in [-0.2, -0.15) is 0 Å². The number of carbonyl (C=O) groups is 2. The fraction of sp³-hybridized carbons (Fsp3) is 0.212. The van der Waals surface area contributed by atoms with Gasteiger partial charge in [0.05, 0.1) is 11.5 Å². The van der Waals surface area contributed by atoms with Crippen molar-refractivity contribution in [2.24, 2.45) is 0 Å². The Morgan fingerprint density at radius 3 is 1.81 bits per heavy atom. The highest BCUT2D eigenvalue weighted by Gasteiger charge is 2.44. The summed E-state index contributed by atoms with van der Waals surface area (Å²) >= 11 is 0. The van der Waals surface area contributed by atoms with E-state index < -0.39 is 5.41 Å². The van der Waals surface area contributed by atoms with Gasteiger partial charge in [-0.15, -0.1) is 0 Å². The minimum atomic E-state index is -0.668. The molecule has 0 radical (unpaired) electrons. The highest BCUT2D eigenvalue weighted by molar-refractivity contribution is 5.95. The van der Waals surface area contributed by atoms with Gasteiger partial charge in [0.15, 0.2) is 0 Å². The maximum absolute atomic E-state index is 13.8. The largest absolute Gasteiger partial charge is 0.349 e. The monoisotopic (exact) mass is 488 g/mol. The summed E-state index contributed by atoms with van der Waals surface area (Å²) < 4.78 is 0. The average molecular weight is 489 g/mol. The van der Waals surface area contributed by atoms with E-state index in [1.54, 1.807) is 0 Å². The number of piperidine rings is 1. The average Bonchev–Trinajstić information content (AvgIpc) is 2.98. The molecule has 5 rings (SSSR count). The van der Waals surface area contributed by atoms with Gasteiger partial charge in [-0.3, -0.25) is 9.59 Å². The van der Waals surface area contributed by atoms with Crippen molar-refractivity contribution in [3.63, 3.8) is 0 Å². The fourth-order valence-corrected chi connectivity index (χ4v) is 5.27. The van der Waals surface area contributed by atoms with Gasteiger partial charge in [-0.1, -0.05) is 103 Å². The Balaban J connectivity index is 1.32. The molecule has 4 nitrogen and oxygen atoms in total. The first-order chi connectivity index (χ1) is 18.1. The minimum absolute atomic E-state index is 0.0133. The van der Waals surface area contributed by atoms with Crippen LogP contribution in [0, 0.1) is 0 Å². The van der Waals surface area contributed by atoms with E-state index in [9.17, 15) is 9.59 Å². The summed E-state index contributed by atoms with van der Waals surface area (Å²) in [4.78, 5) is 29.0. The molecule has 2 amide bonds. The summed E-state index contributed by atoms with van der Waals surface area (Å²) in [6.07, 6.45) is 1.16. The molecule has 0 spiro atoms. The third-order valence-corrected chi connectivity index (χ3v) is 7.55. The normalized spacial score (nSPS) is 15.5.